The molecule has 0 aromatic carbocycles. The number of hydrogen-bond acceptors (Lipinski definition) is 2. The van der Waals surface area contributed by atoms with Gasteiger partial charge in [0.15, 0.2) is 0 Å². The fraction of sp³-hybridized carbons (Fsp3) is 0.857. The molecule has 0 radical (unpaired) electrons. The van der Waals surface area contributed by atoms with E-state index in [1.54, 1.807) is 0 Å². The highest BCUT2D eigenvalue weighted by Crippen LogP contribution is 2.08. The van der Waals surface area contributed by atoms with Crippen molar-refractivity contribution in [3.8, 4) is 0 Å². The third-order valence-electron chi connectivity index (χ3n) is 1.52. The van der Waals surface area contributed by atoms with Gasteiger partial charge in [0.25, 0.3) is 0 Å². The molecule has 0 spiro atoms. The van der Waals surface area contributed by atoms with Crippen molar-refractivity contribution in [3.05, 3.63) is 0 Å². The second kappa shape index (κ2) is 3.56. The molecule has 1 aliphatic heterocycles. The van der Waals surface area contributed by atoms with Crippen LogP contribution in [0.5, 0.6) is 0 Å². The summed E-state index contributed by atoms with van der Waals surface area (Å²) < 4.78 is 5.22. The number of rotatable bonds is 1. The fourth-order valence-corrected chi connectivity index (χ4v) is 1.11. The van der Waals surface area contributed by atoms with Crippen LogP contribution in [0.2, 0.25) is 0 Å². The summed E-state index contributed by atoms with van der Waals surface area (Å²) in [4.78, 5) is 4.21. The van der Waals surface area contributed by atoms with Gasteiger partial charge in [-0.3, -0.25) is 4.99 Å². The van der Waals surface area contributed by atoms with E-state index in [-0.39, 0.29) is 0 Å². The number of nitrogens with two attached hydrogens (primary N) is 1. The van der Waals surface area contributed by atoms with Crippen molar-refractivity contribution in [1.29, 1.82) is 0 Å². The van der Waals surface area contributed by atoms with Crippen molar-refractivity contribution in [1.82, 2.24) is 0 Å². The molecule has 0 aliphatic carbocycles. The molecular formula is C7H14N2O. The van der Waals surface area contributed by atoms with Crippen LogP contribution >= 0.6 is 0 Å². The highest BCUT2D eigenvalue weighted by atomic mass is 16.5. The standard InChI is InChI=1S/C7H14N2O/c1-6(8)9-7-3-2-4-10-5-7/h7H,2-5H2,1H3,(H2,8,9). The first-order chi connectivity index (χ1) is 4.79. The van der Waals surface area contributed by atoms with E-state index in [0.29, 0.717) is 11.9 Å². The van der Waals surface area contributed by atoms with Crippen LogP contribution in [0.3, 0.4) is 0 Å². The molecule has 10 heavy (non-hydrogen) atoms. The quantitative estimate of drug-likeness (QED) is 0.429. The second-order valence-electron chi connectivity index (χ2n) is 2.64. The van der Waals surface area contributed by atoms with Crippen LogP contribution in [0.4, 0.5) is 0 Å². The lowest BCUT2D eigenvalue weighted by molar-refractivity contribution is 0.0828. The molecule has 0 amide bonds. The van der Waals surface area contributed by atoms with E-state index >= 15 is 0 Å². The van der Waals surface area contributed by atoms with Gasteiger partial charge in [0.2, 0.25) is 0 Å². The molecule has 3 nitrogen and oxygen atoms in total. The van der Waals surface area contributed by atoms with Gasteiger partial charge >= 0.3 is 0 Å². The van der Waals surface area contributed by atoms with Crippen LogP contribution in [-0.2, 0) is 4.74 Å². The Morgan fingerprint density at radius 3 is 3.00 bits per heavy atom. The van der Waals surface area contributed by atoms with E-state index in [9.17, 15) is 0 Å². The zero-order valence-corrected chi connectivity index (χ0v) is 6.34. The van der Waals surface area contributed by atoms with E-state index < -0.39 is 0 Å². The second-order valence-corrected chi connectivity index (χ2v) is 2.64. The van der Waals surface area contributed by atoms with Crippen LogP contribution < -0.4 is 5.73 Å². The summed E-state index contributed by atoms with van der Waals surface area (Å²) >= 11 is 0. The Hall–Kier alpha value is -0.570. The Morgan fingerprint density at radius 1 is 1.70 bits per heavy atom. The highest BCUT2D eigenvalue weighted by Gasteiger charge is 2.11. The predicted octanol–water partition coefficient (Wildman–Crippen LogP) is 0.542. The number of amidine groups is 1. The van der Waals surface area contributed by atoms with Crippen LogP contribution in [0.25, 0.3) is 0 Å². The number of ether oxygens (including phenoxy) is 1. The molecule has 0 bridgehead atoms. The lowest BCUT2D eigenvalue weighted by atomic mass is 10.1. The molecule has 1 atom stereocenters. The van der Waals surface area contributed by atoms with Crippen molar-refractivity contribution >= 4 is 5.84 Å². The zero-order chi connectivity index (χ0) is 7.40. The summed E-state index contributed by atoms with van der Waals surface area (Å²) in [5.74, 6) is 0.663. The van der Waals surface area contributed by atoms with Crippen molar-refractivity contribution in [2.24, 2.45) is 10.7 Å². The molecule has 0 aromatic rings. The minimum atomic E-state index is 0.318. The van der Waals surface area contributed by atoms with Gasteiger partial charge in [-0.05, 0) is 19.8 Å². The zero-order valence-electron chi connectivity index (χ0n) is 6.34. The summed E-state index contributed by atoms with van der Waals surface area (Å²) in [7, 11) is 0. The Labute approximate surface area is 61.3 Å². The minimum Gasteiger partial charge on any atom is -0.388 e. The van der Waals surface area contributed by atoms with Crippen molar-refractivity contribution in [2.75, 3.05) is 13.2 Å². The van der Waals surface area contributed by atoms with Gasteiger partial charge in [-0.1, -0.05) is 0 Å². The lowest BCUT2D eigenvalue weighted by Crippen LogP contribution is -2.23. The van der Waals surface area contributed by atoms with Gasteiger partial charge in [-0.2, -0.15) is 0 Å². The Morgan fingerprint density at radius 2 is 2.50 bits per heavy atom. The molecule has 1 heterocycles. The first kappa shape index (κ1) is 7.54. The molecule has 1 fully saturated rings. The number of hydrogen-bond donors (Lipinski definition) is 1. The molecule has 1 unspecified atom stereocenters. The highest BCUT2D eigenvalue weighted by molar-refractivity contribution is 5.77. The number of nitrogens with zero attached hydrogens (tertiary/aromatic N) is 1. The average molecular weight is 142 g/mol. The SMILES string of the molecule is CC(N)=NC1CCCOC1. The summed E-state index contributed by atoms with van der Waals surface area (Å²) in [6.07, 6.45) is 2.23. The van der Waals surface area contributed by atoms with Gasteiger partial charge in [-0.15, -0.1) is 0 Å². The molecule has 58 valence electrons. The van der Waals surface area contributed by atoms with Crippen molar-refractivity contribution in [3.63, 3.8) is 0 Å². The van der Waals surface area contributed by atoms with Gasteiger partial charge < -0.3 is 10.5 Å². The Bertz CT molecular complexity index is 124. The smallest absolute Gasteiger partial charge is 0.0910 e. The normalized spacial score (nSPS) is 28.5. The Kier molecular flexibility index (Phi) is 2.68. The maximum atomic E-state index is 5.42. The molecule has 1 aliphatic rings. The summed E-state index contributed by atoms with van der Waals surface area (Å²) in [5, 5.41) is 0. The molecular weight excluding hydrogens is 128 g/mol. The fourth-order valence-electron chi connectivity index (χ4n) is 1.11. The minimum absolute atomic E-state index is 0.318. The largest absolute Gasteiger partial charge is 0.388 e. The van der Waals surface area contributed by atoms with Gasteiger partial charge in [0, 0.05) is 6.61 Å². The van der Waals surface area contributed by atoms with E-state index in [2.05, 4.69) is 4.99 Å². The van der Waals surface area contributed by atoms with Crippen LogP contribution in [0.15, 0.2) is 4.99 Å². The molecule has 1 saturated heterocycles. The Balaban J connectivity index is 2.33. The summed E-state index contributed by atoms with van der Waals surface area (Å²) in [6.45, 7) is 3.44. The van der Waals surface area contributed by atoms with Gasteiger partial charge in [0.05, 0.1) is 18.5 Å². The first-order valence-electron chi connectivity index (χ1n) is 3.66. The van der Waals surface area contributed by atoms with Crippen molar-refractivity contribution < 1.29 is 4.74 Å². The molecule has 0 aromatic heterocycles. The lowest BCUT2D eigenvalue weighted by Gasteiger charge is -2.18. The van der Waals surface area contributed by atoms with E-state index in [1.165, 1.54) is 0 Å². The topological polar surface area (TPSA) is 47.6 Å². The third kappa shape index (κ3) is 2.35. The monoisotopic (exact) mass is 142 g/mol. The molecule has 1 rings (SSSR count). The summed E-state index contributed by atoms with van der Waals surface area (Å²) in [5.41, 5.74) is 5.42. The average Bonchev–Trinajstić information content (AvgIpc) is 1.88. The van der Waals surface area contributed by atoms with Gasteiger partial charge in [-0.25, -0.2) is 0 Å². The van der Waals surface area contributed by atoms with Gasteiger partial charge in [0.1, 0.15) is 0 Å². The van der Waals surface area contributed by atoms with Crippen LogP contribution in [0.1, 0.15) is 19.8 Å². The van der Waals surface area contributed by atoms with E-state index in [4.69, 9.17) is 10.5 Å². The van der Waals surface area contributed by atoms with Crippen LogP contribution in [0, 0.1) is 0 Å². The van der Waals surface area contributed by atoms with E-state index in [1.807, 2.05) is 6.92 Å². The number of aliphatic imine (C=N–C) groups is 1. The predicted molar refractivity (Wildman–Crippen MR) is 41.1 cm³/mol. The maximum absolute atomic E-state index is 5.42. The van der Waals surface area contributed by atoms with Crippen LogP contribution in [-0.4, -0.2) is 25.1 Å². The maximum Gasteiger partial charge on any atom is 0.0910 e. The summed E-state index contributed by atoms with van der Waals surface area (Å²) in [6, 6.07) is 0.318. The molecule has 3 heteroatoms. The van der Waals surface area contributed by atoms with Crippen molar-refractivity contribution in [2.45, 2.75) is 25.8 Å². The van der Waals surface area contributed by atoms with E-state index in [0.717, 1.165) is 26.1 Å². The molecule has 0 saturated carbocycles. The molecule has 2 N–H and O–H groups in total. The third-order valence-corrected chi connectivity index (χ3v) is 1.52. The first-order valence-corrected chi connectivity index (χ1v) is 3.66.